The van der Waals surface area contributed by atoms with Crippen molar-refractivity contribution < 1.29 is 55.6 Å². The molecular formula is C19H34O12S. The number of ether oxygens (including phenoxy) is 8. The number of aliphatic hydroxyl groups excluding tert-OH is 1. The van der Waals surface area contributed by atoms with Crippen molar-refractivity contribution in [1.29, 1.82) is 0 Å². The van der Waals surface area contributed by atoms with E-state index in [0.29, 0.717) is 0 Å². The van der Waals surface area contributed by atoms with Crippen LogP contribution in [0.4, 0.5) is 0 Å². The highest BCUT2D eigenvalue weighted by Gasteiger charge is 2.69. The molecule has 0 amide bonds. The number of hydrogen-bond acceptors (Lipinski definition) is 12. The lowest BCUT2D eigenvalue weighted by molar-refractivity contribution is -0.502. The molecule has 1 saturated carbocycles. The maximum atomic E-state index is 12.2. The van der Waals surface area contributed by atoms with Crippen molar-refractivity contribution in [3.8, 4) is 0 Å². The Morgan fingerprint density at radius 2 is 0.938 bits per heavy atom. The Bertz CT molecular complexity index is 760. The minimum Gasteiger partial charge on any atom is -0.387 e. The summed E-state index contributed by atoms with van der Waals surface area (Å²) in [6.07, 6.45) is -6.22. The second-order valence-corrected chi connectivity index (χ2v) is 10.3. The highest BCUT2D eigenvalue weighted by atomic mass is 32.2. The Kier molecular flexibility index (Phi) is 6.82. The normalized spacial score (nSPS) is 51.7. The van der Waals surface area contributed by atoms with Gasteiger partial charge in [-0.25, -0.2) is 0 Å². The minimum atomic E-state index is -4.00. The summed E-state index contributed by atoms with van der Waals surface area (Å²) in [7, 11) is 1.58. The first kappa shape index (κ1) is 26.2. The maximum Gasteiger partial charge on any atom is 0.264 e. The average molecular weight is 487 g/mol. The van der Waals surface area contributed by atoms with Crippen molar-refractivity contribution in [1.82, 2.24) is 0 Å². The fourth-order valence-corrected chi connectivity index (χ4v) is 5.01. The van der Waals surface area contributed by atoms with Crippen LogP contribution in [-0.2, 0) is 52.2 Å². The molecule has 1 N–H and O–H groups in total. The third-order valence-corrected chi connectivity index (χ3v) is 7.48. The van der Waals surface area contributed by atoms with Crippen LogP contribution in [0.5, 0.6) is 0 Å². The Hall–Kier alpha value is -0.450. The van der Waals surface area contributed by atoms with E-state index in [1.807, 2.05) is 0 Å². The summed E-state index contributed by atoms with van der Waals surface area (Å²) in [5.41, 5.74) is 0. The molecule has 0 bridgehead atoms. The molecule has 2 saturated heterocycles. The molecule has 3 aliphatic rings. The van der Waals surface area contributed by atoms with Gasteiger partial charge in [-0.1, -0.05) is 0 Å². The zero-order valence-electron chi connectivity index (χ0n) is 19.8. The van der Waals surface area contributed by atoms with Gasteiger partial charge in [-0.3, -0.25) is 4.18 Å². The van der Waals surface area contributed by atoms with Crippen LogP contribution in [0.2, 0.25) is 0 Å². The number of aliphatic hydroxyl groups is 1. The smallest absolute Gasteiger partial charge is 0.264 e. The minimum absolute atomic E-state index is 0.902. The SMILES string of the molecule is CO[C@@]1(C)O[C@@H]2C(O)[C@@H]3O[C@@](C)(OC)[C@](C)(OC)O[C@H]3C(OS(C)(=O)=O)[C@H]2O[C@]1(C)OC. The summed E-state index contributed by atoms with van der Waals surface area (Å²) in [5.74, 6) is -5.85. The van der Waals surface area contributed by atoms with Crippen LogP contribution in [0.1, 0.15) is 27.7 Å². The average Bonchev–Trinajstić information content (AvgIpc) is 2.73. The van der Waals surface area contributed by atoms with Crippen LogP contribution in [0.25, 0.3) is 0 Å². The van der Waals surface area contributed by atoms with Crippen molar-refractivity contribution in [2.24, 2.45) is 0 Å². The van der Waals surface area contributed by atoms with E-state index in [1.54, 1.807) is 27.7 Å². The van der Waals surface area contributed by atoms with Gasteiger partial charge in [0, 0.05) is 28.4 Å². The largest absolute Gasteiger partial charge is 0.387 e. The Labute approximate surface area is 188 Å². The molecule has 0 aromatic carbocycles. The van der Waals surface area contributed by atoms with Crippen molar-refractivity contribution >= 4 is 10.1 Å². The van der Waals surface area contributed by atoms with Crippen LogP contribution in [0.3, 0.4) is 0 Å². The number of fused-ring (bicyclic) bond motifs is 2. The van der Waals surface area contributed by atoms with Gasteiger partial charge in [0.2, 0.25) is 23.1 Å². The van der Waals surface area contributed by atoms with Gasteiger partial charge in [0.15, 0.2) is 0 Å². The van der Waals surface area contributed by atoms with Gasteiger partial charge in [0.1, 0.15) is 36.6 Å². The monoisotopic (exact) mass is 486 g/mol. The van der Waals surface area contributed by atoms with Gasteiger partial charge in [-0.05, 0) is 27.7 Å². The van der Waals surface area contributed by atoms with Crippen molar-refractivity contribution in [2.45, 2.75) is 87.5 Å². The summed E-state index contributed by atoms with van der Waals surface area (Å²) in [6, 6.07) is 0. The van der Waals surface area contributed by atoms with Gasteiger partial charge in [0.05, 0.1) is 6.26 Å². The Morgan fingerprint density at radius 1 is 0.656 bits per heavy atom. The van der Waals surface area contributed by atoms with E-state index in [0.717, 1.165) is 6.26 Å². The number of rotatable bonds is 6. The Balaban J connectivity index is 2.10. The Morgan fingerprint density at radius 3 is 1.19 bits per heavy atom. The molecule has 0 radical (unpaired) electrons. The molecule has 10 atom stereocenters. The van der Waals surface area contributed by atoms with Crippen molar-refractivity contribution in [3.05, 3.63) is 0 Å². The third-order valence-electron chi connectivity index (χ3n) is 6.91. The summed E-state index contributed by atoms with van der Waals surface area (Å²) in [5, 5.41) is 11.2. The molecule has 0 aromatic heterocycles. The zero-order chi connectivity index (χ0) is 24.3. The second-order valence-electron chi connectivity index (χ2n) is 8.68. The van der Waals surface area contributed by atoms with E-state index in [2.05, 4.69) is 0 Å². The molecule has 32 heavy (non-hydrogen) atoms. The molecule has 3 rings (SSSR count). The van der Waals surface area contributed by atoms with Crippen LogP contribution in [-0.4, -0.2) is 108 Å². The summed E-state index contributed by atoms with van der Waals surface area (Å²) in [4.78, 5) is 0. The first-order valence-electron chi connectivity index (χ1n) is 10.1. The predicted octanol–water partition coefficient (Wildman–Crippen LogP) is -0.276. The molecule has 0 aromatic rings. The highest BCUT2D eigenvalue weighted by molar-refractivity contribution is 7.86. The number of methoxy groups -OCH3 is 4. The zero-order valence-corrected chi connectivity index (χ0v) is 20.6. The highest BCUT2D eigenvalue weighted by Crippen LogP contribution is 2.49. The number of hydrogen-bond donors (Lipinski definition) is 1. The van der Waals surface area contributed by atoms with Gasteiger partial charge in [-0.2, -0.15) is 8.42 Å². The fourth-order valence-electron chi connectivity index (χ4n) is 4.39. The molecule has 0 spiro atoms. The van der Waals surface area contributed by atoms with Gasteiger partial charge >= 0.3 is 0 Å². The van der Waals surface area contributed by atoms with Crippen LogP contribution in [0, 0.1) is 0 Å². The lowest BCUT2D eigenvalue weighted by Gasteiger charge is -2.61. The third kappa shape index (κ3) is 3.90. The van der Waals surface area contributed by atoms with E-state index >= 15 is 0 Å². The molecule has 2 unspecified atom stereocenters. The van der Waals surface area contributed by atoms with E-state index in [9.17, 15) is 13.5 Å². The molecule has 2 aliphatic heterocycles. The maximum absolute atomic E-state index is 12.2. The quantitative estimate of drug-likeness (QED) is 0.494. The fraction of sp³-hybridized carbons (Fsp3) is 1.00. The van der Waals surface area contributed by atoms with Gasteiger partial charge in [-0.15, -0.1) is 0 Å². The lowest BCUT2D eigenvalue weighted by atomic mass is 9.81. The molecule has 3 fully saturated rings. The predicted molar refractivity (Wildman–Crippen MR) is 107 cm³/mol. The molecule has 13 heteroatoms. The first-order valence-corrected chi connectivity index (χ1v) is 11.9. The second kappa shape index (κ2) is 8.34. The van der Waals surface area contributed by atoms with Crippen LogP contribution < -0.4 is 0 Å². The first-order chi connectivity index (χ1) is 14.6. The van der Waals surface area contributed by atoms with Crippen LogP contribution >= 0.6 is 0 Å². The molecular weight excluding hydrogens is 452 g/mol. The van der Waals surface area contributed by atoms with Gasteiger partial charge in [0.25, 0.3) is 10.1 Å². The lowest BCUT2D eigenvalue weighted by Crippen LogP contribution is -2.79. The summed E-state index contributed by atoms with van der Waals surface area (Å²) >= 11 is 0. The standard InChI is InChI=1S/C19H34O12S/c1-16(23-5)18(3,25-7)29-13-11(27-16)10(20)12-14(15(13)31-32(9,21)22)30-19(4,26-8)17(2,24-6)28-12/h10-15,20H,1-9H3/t10?,11-,12+,13+,14-,15?,16+,17-,18+,19-. The summed E-state index contributed by atoms with van der Waals surface area (Å²) in [6.45, 7) is 6.30. The van der Waals surface area contributed by atoms with E-state index < -0.39 is 69.9 Å². The molecule has 188 valence electrons. The van der Waals surface area contributed by atoms with Crippen LogP contribution in [0.15, 0.2) is 0 Å². The summed E-state index contributed by atoms with van der Waals surface area (Å²) < 4.78 is 76.4. The van der Waals surface area contributed by atoms with E-state index in [-0.39, 0.29) is 0 Å². The topological polar surface area (TPSA) is 137 Å². The van der Waals surface area contributed by atoms with E-state index in [4.69, 9.17) is 42.1 Å². The molecule has 1 aliphatic carbocycles. The van der Waals surface area contributed by atoms with Gasteiger partial charge < -0.3 is 43.0 Å². The molecule has 12 nitrogen and oxygen atoms in total. The van der Waals surface area contributed by atoms with Crippen molar-refractivity contribution in [2.75, 3.05) is 34.7 Å². The molecule has 2 heterocycles. The van der Waals surface area contributed by atoms with E-state index in [1.165, 1.54) is 28.4 Å². The van der Waals surface area contributed by atoms with Crippen molar-refractivity contribution in [3.63, 3.8) is 0 Å².